The average molecular weight is 514 g/mol. The van der Waals surface area contributed by atoms with E-state index < -0.39 is 17.5 Å². The van der Waals surface area contributed by atoms with Crippen molar-refractivity contribution in [1.82, 2.24) is 25.6 Å². The molecule has 0 spiro atoms. The van der Waals surface area contributed by atoms with Crippen LogP contribution in [0.25, 0.3) is 0 Å². The Morgan fingerprint density at radius 1 is 1.03 bits per heavy atom. The SMILES string of the molecule is CC(C)NC(=O)c1cnc(Nc2ccc3c(c2)CCNC3)nc1Nc1ccnc(C(C)(C)C(F)(F)F)c1. The van der Waals surface area contributed by atoms with Gasteiger partial charge < -0.3 is 21.3 Å². The summed E-state index contributed by atoms with van der Waals surface area (Å²) in [4.78, 5) is 25.6. The van der Waals surface area contributed by atoms with Gasteiger partial charge in [0.05, 0.1) is 5.69 Å². The average Bonchev–Trinajstić information content (AvgIpc) is 2.83. The molecule has 4 N–H and O–H groups in total. The van der Waals surface area contributed by atoms with Gasteiger partial charge in [-0.15, -0.1) is 0 Å². The Morgan fingerprint density at radius 2 is 1.78 bits per heavy atom. The minimum atomic E-state index is -4.49. The largest absolute Gasteiger partial charge is 0.399 e. The van der Waals surface area contributed by atoms with Gasteiger partial charge in [0.25, 0.3) is 5.91 Å². The van der Waals surface area contributed by atoms with E-state index in [-0.39, 0.29) is 29.1 Å². The zero-order valence-electron chi connectivity index (χ0n) is 21.1. The predicted molar refractivity (Wildman–Crippen MR) is 136 cm³/mol. The van der Waals surface area contributed by atoms with Crippen LogP contribution in [0.5, 0.6) is 0 Å². The molecule has 1 amide bonds. The highest BCUT2D eigenvalue weighted by atomic mass is 19.4. The molecule has 196 valence electrons. The van der Waals surface area contributed by atoms with Crippen LogP contribution >= 0.6 is 0 Å². The first-order chi connectivity index (χ1) is 17.4. The Labute approximate surface area is 213 Å². The number of anilines is 4. The summed E-state index contributed by atoms with van der Waals surface area (Å²) < 4.78 is 40.8. The van der Waals surface area contributed by atoms with Gasteiger partial charge in [0.15, 0.2) is 0 Å². The number of benzene rings is 1. The summed E-state index contributed by atoms with van der Waals surface area (Å²) in [6, 6.07) is 8.70. The lowest BCUT2D eigenvalue weighted by atomic mass is 9.88. The van der Waals surface area contributed by atoms with Crippen molar-refractivity contribution in [3.63, 3.8) is 0 Å². The number of nitrogens with zero attached hydrogens (tertiary/aromatic N) is 3. The number of alkyl halides is 3. The molecule has 2 aromatic heterocycles. The van der Waals surface area contributed by atoms with Gasteiger partial charge in [-0.1, -0.05) is 6.07 Å². The molecule has 0 saturated carbocycles. The fourth-order valence-corrected chi connectivity index (χ4v) is 3.86. The summed E-state index contributed by atoms with van der Waals surface area (Å²) in [5, 5.41) is 12.3. The van der Waals surface area contributed by atoms with Crippen LogP contribution in [0.4, 0.5) is 36.3 Å². The van der Waals surface area contributed by atoms with Crippen LogP contribution in [-0.2, 0) is 18.4 Å². The van der Waals surface area contributed by atoms with Crippen LogP contribution in [0.15, 0.2) is 42.7 Å². The van der Waals surface area contributed by atoms with E-state index in [1.165, 1.54) is 35.7 Å². The number of nitrogens with one attached hydrogen (secondary N) is 4. The van der Waals surface area contributed by atoms with Crippen molar-refractivity contribution >= 4 is 29.0 Å². The van der Waals surface area contributed by atoms with Crippen molar-refractivity contribution in [1.29, 1.82) is 0 Å². The summed E-state index contributed by atoms with van der Waals surface area (Å²) in [7, 11) is 0. The normalized spacial score (nSPS) is 13.7. The number of hydrogen-bond acceptors (Lipinski definition) is 7. The van der Waals surface area contributed by atoms with Gasteiger partial charge in [0, 0.05) is 36.4 Å². The maximum Gasteiger partial charge on any atom is 0.399 e. The molecule has 0 atom stereocenters. The lowest BCUT2D eigenvalue weighted by Gasteiger charge is -2.27. The number of carbonyl (C=O) groups is 1. The Balaban J connectivity index is 1.66. The fraction of sp³-hybridized carbons (Fsp3) is 0.385. The second kappa shape index (κ2) is 10.3. The number of pyridine rings is 1. The molecular weight excluding hydrogens is 483 g/mol. The third-order valence-corrected chi connectivity index (χ3v) is 6.17. The molecule has 0 aliphatic carbocycles. The molecule has 3 heterocycles. The predicted octanol–water partition coefficient (Wildman–Crippen LogP) is 4.98. The number of aromatic nitrogens is 3. The smallest absolute Gasteiger partial charge is 0.350 e. The van der Waals surface area contributed by atoms with Gasteiger partial charge in [-0.05, 0) is 76.1 Å². The van der Waals surface area contributed by atoms with Crippen molar-refractivity contribution in [2.45, 2.75) is 58.3 Å². The molecule has 11 heteroatoms. The number of hydrogen-bond donors (Lipinski definition) is 4. The van der Waals surface area contributed by atoms with Crippen molar-refractivity contribution in [3.8, 4) is 0 Å². The molecule has 0 saturated heterocycles. The van der Waals surface area contributed by atoms with E-state index >= 15 is 0 Å². The van der Waals surface area contributed by atoms with Crippen molar-refractivity contribution in [2.24, 2.45) is 0 Å². The van der Waals surface area contributed by atoms with E-state index in [4.69, 9.17) is 0 Å². The highest BCUT2D eigenvalue weighted by Gasteiger charge is 2.49. The van der Waals surface area contributed by atoms with E-state index in [0.29, 0.717) is 5.69 Å². The zero-order valence-corrected chi connectivity index (χ0v) is 21.1. The molecule has 0 radical (unpaired) electrons. The zero-order chi connectivity index (χ0) is 26.8. The first kappa shape index (κ1) is 26.3. The lowest BCUT2D eigenvalue weighted by molar-refractivity contribution is -0.181. The third kappa shape index (κ3) is 5.99. The van der Waals surface area contributed by atoms with E-state index in [0.717, 1.165) is 39.0 Å². The van der Waals surface area contributed by atoms with Crippen LogP contribution in [0.1, 0.15) is 54.9 Å². The first-order valence-corrected chi connectivity index (χ1v) is 12.0. The number of halogens is 3. The molecule has 8 nitrogen and oxygen atoms in total. The van der Waals surface area contributed by atoms with Gasteiger partial charge in [-0.25, -0.2) is 4.98 Å². The van der Waals surface area contributed by atoms with Crippen LogP contribution in [-0.4, -0.2) is 39.6 Å². The van der Waals surface area contributed by atoms with E-state index in [1.54, 1.807) is 0 Å². The molecule has 1 aliphatic rings. The second-order valence-corrected chi connectivity index (χ2v) is 9.80. The van der Waals surface area contributed by atoms with E-state index in [9.17, 15) is 18.0 Å². The summed E-state index contributed by atoms with van der Waals surface area (Å²) in [5.41, 5.74) is 1.40. The van der Waals surface area contributed by atoms with Crippen LogP contribution in [0.3, 0.4) is 0 Å². The minimum Gasteiger partial charge on any atom is -0.350 e. The number of fused-ring (bicyclic) bond motifs is 1. The monoisotopic (exact) mass is 513 g/mol. The van der Waals surface area contributed by atoms with Gasteiger partial charge in [-0.3, -0.25) is 9.78 Å². The van der Waals surface area contributed by atoms with Crippen LogP contribution in [0.2, 0.25) is 0 Å². The minimum absolute atomic E-state index is 0.136. The van der Waals surface area contributed by atoms with Gasteiger partial charge >= 0.3 is 6.18 Å². The maximum absolute atomic E-state index is 13.6. The number of rotatable bonds is 7. The Bertz CT molecular complexity index is 1290. The molecule has 37 heavy (non-hydrogen) atoms. The summed E-state index contributed by atoms with van der Waals surface area (Å²) in [6.07, 6.45) is -0.899. The highest BCUT2D eigenvalue weighted by molar-refractivity contribution is 5.99. The van der Waals surface area contributed by atoms with Crippen LogP contribution < -0.4 is 21.3 Å². The molecule has 4 rings (SSSR count). The Kier molecular flexibility index (Phi) is 7.35. The van der Waals surface area contributed by atoms with Gasteiger partial charge in [0.1, 0.15) is 16.8 Å². The van der Waals surface area contributed by atoms with Crippen molar-refractivity contribution in [3.05, 3.63) is 65.1 Å². The topological polar surface area (TPSA) is 104 Å². The summed E-state index contributed by atoms with van der Waals surface area (Å²) in [6.45, 7) is 7.51. The summed E-state index contributed by atoms with van der Waals surface area (Å²) >= 11 is 0. The van der Waals surface area contributed by atoms with Crippen molar-refractivity contribution in [2.75, 3.05) is 17.2 Å². The Hall–Kier alpha value is -3.73. The Morgan fingerprint density at radius 3 is 2.51 bits per heavy atom. The molecule has 0 unspecified atom stereocenters. The molecular formula is C26H30F3N7O. The molecule has 0 bridgehead atoms. The van der Waals surface area contributed by atoms with Gasteiger partial charge in [0.2, 0.25) is 5.95 Å². The number of amides is 1. The summed E-state index contributed by atoms with van der Waals surface area (Å²) in [5.74, 6) is -0.0163. The molecule has 1 aromatic carbocycles. The number of carbonyl (C=O) groups excluding carboxylic acids is 1. The second-order valence-electron chi connectivity index (χ2n) is 9.80. The standard InChI is InChI=1S/C26H30F3N7O/c1-15(2)33-23(37)20-14-32-24(35-18-6-5-17-13-30-9-7-16(17)11-18)36-22(20)34-19-8-10-31-21(12-19)25(3,4)26(27,28)29/h5-6,8,10-12,14-15,30H,7,9,13H2,1-4H3,(H,33,37)(H2,31,32,34,35,36). The molecule has 3 aromatic rings. The quantitative estimate of drug-likeness (QED) is 0.353. The highest BCUT2D eigenvalue weighted by Crippen LogP contribution is 2.40. The van der Waals surface area contributed by atoms with Crippen molar-refractivity contribution < 1.29 is 18.0 Å². The fourth-order valence-electron chi connectivity index (χ4n) is 3.86. The lowest BCUT2D eigenvalue weighted by Crippen LogP contribution is -2.37. The van der Waals surface area contributed by atoms with Gasteiger partial charge in [-0.2, -0.15) is 18.2 Å². The van der Waals surface area contributed by atoms with Crippen LogP contribution in [0, 0.1) is 0 Å². The maximum atomic E-state index is 13.6. The molecule has 1 aliphatic heterocycles. The van der Waals surface area contributed by atoms with E-state index in [1.807, 2.05) is 32.0 Å². The third-order valence-electron chi connectivity index (χ3n) is 6.17. The van der Waals surface area contributed by atoms with E-state index in [2.05, 4.69) is 36.2 Å². The molecule has 0 fully saturated rings. The first-order valence-electron chi connectivity index (χ1n) is 12.0.